The fraction of sp³-hybridized carbons (Fsp3) is 0.200. The van der Waals surface area contributed by atoms with Gasteiger partial charge in [-0.3, -0.25) is 9.55 Å². The molecular formula is C15H14ClN3. The van der Waals surface area contributed by atoms with E-state index in [9.17, 15) is 0 Å². The minimum absolute atomic E-state index is 0.415. The van der Waals surface area contributed by atoms with Gasteiger partial charge in [0, 0.05) is 6.20 Å². The molecule has 0 aliphatic rings. The summed E-state index contributed by atoms with van der Waals surface area (Å²) < 4.78 is 2.07. The summed E-state index contributed by atoms with van der Waals surface area (Å²) in [6, 6.07) is 8.24. The summed E-state index contributed by atoms with van der Waals surface area (Å²) in [6.45, 7) is 4.22. The Morgan fingerprint density at radius 1 is 1.11 bits per heavy atom. The second-order valence-corrected chi connectivity index (χ2v) is 4.95. The predicted octanol–water partition coefficient (Wildman–Crippen LogP) is 3.78. The molecule has 0 spiro atoms. The molecule has 1 aromatic carbocycles. The zero-order valence-corrected chi connectivity index (χ0v) is 11.6. The Balaban J connectivity index is 2.22. The van der Waals surface area contributed by atoms with Crippen LogP contribution in [0.2, 0.25) is 0 Å². The third-order valence-corrected chi connectivity index (χ3v) is 3.65. The molecule has 3 aromatic rings. The molecule has 0 N–H and O–H groups in total. The van der Waals surface area contributed by atoms with Crippen LogP contribution in [0.5, 0.6) is 0 Å². The van der Waals surface area contributed by atoms with Crippen molar-refractivity contribution in [1.29, 1.82) is 0 Å². The lowest BCUT2D eigenvalue weighted by atomic mass is 10.1. The van der Waals surface area contributed by atoms with Gasteiger partial charge in [-0.2, -0.15) is 0 Å². The Bertz CT molecular complexity index is 746. The van der Waals surface area contributed by atoms with E-state index in [0.717, 1.165) is 22.4 Å². The normalized spacial score (nSPS) is 11.1. The highest BCUT2D eigenvalue weighted by Crippen LogP contribution is 2.22. The Morgan fingerprint density at radius 3 is 2.68 bits per heavy atom. The van der Waals surface area contributed by atoms with Crippen molar-refractivity contribution in [2.75, 3.05) is 0 Å². The number of benzene rings is 1. The van der Waals surface area contributed by atoms with Gasteiger partial charge < -0.3 is 0 Å². The van der Waals surface area contributed by atoms with Crippen molar-refractivity contribution < 1.29 is 0 Å². The highest BCUT2D eigenvalue weighted by atomic mass is 35.5. The molecule has 0 aliphatic carbocycles. The Kier molecular flexibility index (Phi) is 2.99. The molecule has 0 atom stereocenters. The molecule has 2 aromatic heterocycles. The monoisotopic (exact) mass is 271 g/mol. The summed E-state index contributed by atoms with van der Waals surface area (Å²) in [4.78, 5) is 8.68. The van der Waals surface area contributed by atoms with E-state index in [1.807, 2.05) is 18.5 Å². The van der Waals surface area contributed by atoms with Crippen LogP contribution in [0.25, 0.3) is 16.7 Å². The Hall–Kier alpha value is -1.87. The van der Waals surface area contributed by atoms with Crippen LogP contribution in [0.15, 0.2) is 36.8 Å². The highest BCUT2D eigenvalue weighted by Gasteiger charge is 2.07. The molecule has 0 amide bonds. The molecule has 0 saturated heterocycles. The molecule has 3 nitrogen and oxygen atoms in total. The molecule has 0 saturated carbocycles. The van der Waals surface area contributed by atoms with Crippen LogP contribution < -0.4 is 0 Å². The van der Waals surface area contributed by atoms with Crippen molar-refractivity contribution in [2.45, 2.75) is 19.7 Å². The van der Waals surface area contributed by atoms with Crippen LogP contribution >= 0.6 is 11.6 Å². The summed E-state index contributed by atoms with van der Waals surface area (Å²) in [5, 5.41) is 0. The van der Waals surface area contributed by atoms with Crippen molar-refractivity contribution in [3.8, 4) is 5.69 Å². The van der Waals surface area contributed by atoms with Crippen molar-refractivity contribution in [3.05, 3.63) is 53.6 Å². The van der Waals surface area contributed by atoms with E-state index >= 15 is 0 Å². The number of aromatic nitrogens is 3. The van der Waals surface area contributed by atoms with Gasteiger partial charge in [-0.05, 0) is 49.2 Å². The van der Waals surface area contributed by atoms with Gasteiger partial charge in [-0.15, -0.1) is 11.6 Å². The quantitative estimate of drug-likeness (QED) is 0.664. The van der Waals surface area contributed by atoms with Crippen LogP contribution in [-0.4, -0.2) is 14.5 Å². The molecule has 4 heteroatoms. The first-order valence-electron chi connectivity index (χ1n) is 6.14. The molecule has 0 unspecified atom stereocenters. The lowest BCUT2D eigenvalue weighted by Crippen LogP contribution is -1.95. The number of imidazole rings is 1. The van der Waals surface area contributed by atoms with Crippen molar-refractivity contribution >= 4 is 22.6 Å². The van der Waals surface area contributed by atoms with Gasteiger partial charge in [0.15, 0.2) is 0 Å². The maximum atomic E-state index is 5.84. The summed E-state index contributed by atoms with van der Waals surface area (Å²) in [5.74, 6) is 0.415. The number of nitrogens with zero attached hydrogens (tertiary/aromatic N) is 3. The summed E-state index contributed by atoms with van der Waals surface area (Å²) >= 11 is 5.84. The number of rotatable bonds is 2. The average molecular weight is 272 g/mol. The van der Waals surface area contributed by atoms with Crippen molar-refractivity contribution in [1.82, 2.24) is 14.5 Å². The maximum absolute atomic E-state index is 5.84. The van der Waals surface area contributed by atoms with E-state index < -0.39 is 0 Å². The van der Waals surface area contributed by atoms with Gasteiger partial charge >= 0.3 is 0 Å². The molecule has 0 radical (unpaired) electrons. The molecule has 96 valence electrons. The number of alkyl halides is 1. The van der Waals surface area contributed by atoms with Crippen molar-refractivity contribution in [3.63, 3.8) is 0 Å². The number of hydrogen-bond donors (Lipinski definition) is 0. The summed E-state index contributed by atoms with van der Waals surface area (Å²) in [7, 11) is 0. The van der Waals surface area contributed by atoms with Gasteiger partial charge in [0.05, 0.1) is 28.3 Å². The first kappa shape index (κ1) is 12.2. The fourth-order valence-electron chi connectivity index (χ4n) is 2.16. The first-order valence-corrected chi connectivity index (χ1v) is 6.68. The van der Waals surface area contributed by atoms with Crippen LogP contribution in [0.3, 0.4) is 0 Å². The molecule has 19 heavy (non-hydrogen) atoms. The topological polar surface area (TPSA) is 30.7 Å². The SMILES string of the molecule is Cc1cc2ncn(-c3ccnc(CCl)c3)c2cc1C. The molecule has 2 heterocycles. The number of hydrogen-bond acceptors (Lipinski definition) is 2. The lowest BCUT2D eigenvalue weighted by Gasteiger charge is -2.07. The number of pyridine rings is 1. The Labute approximate surface area is 116 Å². The number of fused-ring (bicyclic) bond motifs is 1. The Morgan fingerprint density at radius 2 is 1.89 bits per heavy atom. The van der Waals surface area contributed by atoms with E-state index in [2.05, 4.69) is 40.5 Å². The van der Waals surface area contributed by atoms with E-state index in [4.69, 9.17) is 11.6 Å². The van der Waals surface area contributed by atoms with Gasteiger partial charge in [0.25, 0.3) is 0 Å². The summed E-state index contributed by atoms with van der Waals surface area (Å²) in [6.07, 6.45) is 3.62. The zero-order valence-electron chi connectivity index (χ0n) is 10.9. The minimum atomic E-state index is 0.415. The highest BCUT2D eigenvalue weighted by molar-refractivity contribution is 6.16. The lowest BCUT2D eigenvalue weighted by molar-refractivity contribution is 1.06. The molecular weight excluding hydrogens is 258 g/mol. The van der Waals surface area contributed by atoms with Gasteiger partial charge in [-0.25, -0.2) is 4.98 Å². The van der Waals surface area contributed by atoms with Gasteiger partial charge in [0.1, 0.15) is 6.33 Å². The third-order valence-electron chi connectivity index (χ3n) is 3.38. The smallest absolute Gasteiger partial charge is 0.100 e. The van der Waals surface area contributed by atoms with Crippen molar-refractivity contribution in [2.24, 2.45) is 0 Å². The standard InChI is InChI=1S/C15H14ClN3/c1-10-5-14-15(6-11(10)2)19(9-18-14)13-3-4-17-12(7-13)8-16/h3-7,9H,8H2,1-2H3. The largest absolute Gasteiger partial charge is 0.299 e. The van der Waals surface area contributed by atoms with Gasteiger partial charge in [0.2, 0.25) is 0 Å². The van der Waals surface area contributed by atoms with E-state index in [0.29, 0.717) is 5.88 Å². The van der Waals surface area contributed by atoms with E-state index in [-0.39, 0.29) is 0 Å². The van der Waals surface area contributed by atoms with E-state index in [1.54, 1.807) is 6.20 Å². The van der Waals surface area contributed by atoms with Gasteiger partial charge in [-0.1, -0.05) is 0 Å². The number of halogens is 1. The first-order chi connectivity index (χ1) is 9.19. The number of aryl methyl sites for hydroxylation is 2. The van der Waals surface area contributed by atoms with Crippen LogP contribution in [0, 0.1) is 13.8 Å². The second-order valence-electron chi connectivity index (χ2n) is 4.68. The predicted molar refractivity (Wildman–Crippen MR) is 77.9 cm³/mol. The van der Waals surface area contributed by atoms with Crippen LogP contribution in [0.4, 0.5) is 0 Å². The summed E-state index contributed by atoms with van der Waals surface area (Å²) in [5.41, 5.74) is 6.54. The third kappa shape index (κ3) is 2.10. The average Bonchev–Trinajstić information content (AvgIpc) is 2.82. The fourth-order valence-corrected chi connectivity index (χ4v) is 2.30. The second kappa shape index (κ2) is 4.67. The van der Waals surface area contributed by atoms with Crippen LogP contribution in [-0.2, 0) is 5.88 Å². The van der Waals surface area contributed by atoms with E-state index in [1.165, 1.54) is 11.1 Å². The molecule has 3 rings (SSSR count). The van der Waals surface area contributed by atoms with Crippen LogP contribution in [0.1, 0.15) is 16.8 Å². The minimum Gasteiger partial charge on any atom is -0.299 e. The molecule has 0 aliphatic heterocycles. The molecule has 0 bridgehead atoms. The maximum Gasteiger partial charge on any atom is 0.100 e. The zero-order chi connectivity index (χ0) is 13.4. The molecule has 0 fully saturated rings.